The molecule has 17 heavy (non-hydrogen) atoms. The molecule has 0 saturated carbocycles. The van der Waals surface area contributed by atoms with E-state index in [0.717, 1.165) is 12.1 Å². The Morgan fingerprint density at radius 3 is 2.53 bits per heavy atom. The summed E-state index contributed by atoms with van der Waals surface area (Å²) >= 11 is 0. The molecule has 0 amide bonds. The first-order chi connectivity index (χ1) is 8.03. The van der Waals surface area contributed by atoms with Crippen molar-refractivity contribution < 1.29 is 23.4 Å². The van der Waals surface area contributed by atoms with E-state index in [1.54, 1.807) is 0 Å². The molecule has 0 aromatic heterocycles. The molecule has 0 spiro atoms. The Balaban J connectivity index is 2.22. The monoisotopic (exact) mass is 242 g/mol. The summed E-state index contributed by atoms with van der Waals surface area (Å²) in [6, 6.07) is 3.67. The second-order valence-corrected chi connectivity index (χ2v) is 4.30. The standard InChI is InChI=1S/C12H12F2O3/c13-9-2-1-8(5-10(9)14)12(6-17-7-12)4-3-11(15)16/h1-2,5H,3-4,6-7H2,(H,15,16). The average Bonchev–Trinajstić information content (AvgIpc) is 2.21. The van der Waals surface area contributed by atoms with Crippen molar-refractivity contribution >= 4 is 5.97 Å². The van der Waals surface area contributed by atoms with Crippen LogP contribution in [-0.4, -0.2) is 24.3 Å². The van der Waals surface area contributed by atoms with Crippen molar-refractivity contribution in [2.24, 2.45) is 0 Å². The van der Waals surface area contributed by atoms with Gasteiger partial charge in [-0.05, 0) is 24.1 Å². The number of hydrogen-bond acceptors (Lipinski definition) is 2. The minimum absolute atomic E-state index is 0.0116. The number of carbonyl (C=O) groups is 1. The summed E-state index contributed by atoms with van der Waals surface area (Å²) in [5, 5.41) is 8.67. The van der Waals surface area contributed by atoms with Gasteiger partial charge < -0.3 is 9.84 Å². The first-order valence-corrected chi connectivity index (χ1v) is 5.29. The van der Waals surface area contributed by atoms with Gasteiger partial charge >= 0.3 is 5.97 Å². The molecule has 1 aromatic carbocycles. The van der Waals surface area contributed by atoms with Crippen LogP contribution >= 0.6 is 0 Å². The molecule has 0 atom stereocenters. The maximum atomic E-state index is 13.1. The Labute approximate surface area is 97.0 Å². The molecule has 1 fully saturated rings. The van der Waals surface area contributed by atoms with Crippen molar-refractivity contribution in [3.05, 3.63) is 35.4 Å². The average molecular weight is 242 g/mol. The first-order valence-electron chi connectivity index (χ1n) is 5.29. The predicted molar refractivity (Wildman–Crippen MR) is 55.7 cm³/mol. The van der Waals surface area contributed by atoms with Gasteiger partial charge in [-0.25, -0.2) is 8.78 Å². The Bertz CT molecular complexity index is 441. The van der Waals surface area contributed by atoms with E-state index in [-0.39, 0.29) is 6.42 Å². The van der Waals surface area contributed by atoms with E-state index in [0.29, 0.717) is 25.2 Å². The summed E-state index contributed by atoms with van der Waals surface area (Å²) in [7, 11) is 0. The smallest absolute Gasteiger partial charge is 0.303 e. The summed E-state index contributed by atoms with van der Waals surface area (Å²) in [6.07, 6.45) is 0.357. The van der Waals surface area contributed by atoms with E-state index in [9.17, 15) is 13.6 Å². The first kappa shape index (κ1) is 12.0. The highest BCUT2D eigenvalue weighted by Crippen LogP contribution is 2.37. The molecule has 1 aromatic rings. The minimum Gasteiger partial charge on any atom is -0.481 e. The molecular formula is C12H12F2O3. The van der Waals surface area contributed by atoms with Crippen LogP contribution in [0.3, 0.4) is 0 Å². The van der Waals surface area contributed by atoms with Crippen LogP contribution in [-0.2, 0) is 14.9 Å². The summed E-state index contributed by atoms with van der Waals surface area (Å²) in [5.41, 5.74) is 0.122. The second kappa shape index (κ2) is 4.41. The van der Waals surface area contributed by atoms with E-state index < -0.39 is 23.0 Å². The van der Waals surface area contributed by atoms with Crippen molar-refractivity contribution in [1.29, 1.82) is 0 Å². The number of ether oxygens (including phenoxy) is 1. The van der Waals surface area contributed by atoms with Crippen molar-refractivity contribution in [2.45, 2.75) is 18.3 Å². The van der Waals surface area contributed by atoms with Gasteiger partial charge in [0.1, 0.15) is 0 Å². The number of benzene rings is 1. The van der Waals surface area contributed by atoms with Gasteiger partial charge in [0.05, 0.1) is 13.2 Å². The van der Waals surface area contributed by atoms with Crippen LogP contribution in [0.15, 0.2) is 18.2 Å². The van der Waals surface area contributed by atoms with Gasteiger partial charge in [0.15, 0.2) is 11.6 Å². The van der Waals surface area contributed by atoms with Gasteiger partial charge in [-0.2, -0.15) is 0 Å². The van der Waals surface area contributed by atoms with Gasteiger partial charge in [0, 0.05) is 11.8 Å². The van der Waals surface area contributed by atoms with Crippen LogP contribution in [0.25, 0.3) is 0 Å². The second-order valence-electron chi connectivity index (χ2n) is 4.30. The van der Waals surface area contributed by atoms with Gasteiger partial charge in [0.2, 0.25) is 0 Å². The molecule has 92 valence electrons. The van der Waals surface area contributed by atoms with E-state index in [1.165, 1.54) is 6.07 Å². The van der Waals surface area contributed by atoms with Crippen molar-refractivity contribution in [2.75, 3.05) is 13.2 Å². The molecule has 0 unspecified atom stereocenters. The SMILES string of the molecule is O=C(O)CCC1(c2ccc(F)c(F)c2)COC1. The summed E-state index contributed by atoms with van der Waals surface area (Å²) in [6.45, 7) is 0.705. The Morgan fingerprint density at radius 2 is 2.06 bits per heavy atom. The number of hydrogen-bond donors (Lipinski definition) is 1. The minimum atomic E-state index is -0.913. The van der Waals surface area contributed by atoms with Crippen molar-refractivity contribution in [3.8, 4) is 0 Å². The molecule has 1 N–H and O–H groups in total. The van der Waals surface area contributed by atoms with Crippen molar-refractivity contribution in [3.63, 3.8) is 0 Å². The molecule has 1 saturated heterocycles. The van der Waals surface area contributed by atoms with Gasteiger partial charge in [-0.3, -0.25) is 4.79 Å². The van der Waals surface area contributed by atoms with E-state index in [4.69, 9.17) is 9.84 Å². The lowest BCUT2D eigenvalue weighted by Crippen LogP contribution is -2.47. The Kier molecular flexibility index (Phi) is 3.11. The molecule has 0 radical (unpaired) electrons. The third kappa shape index (κ3) is 2.29. The van der Waals surface area contributed by atoms with Crippen LogP contribution in [0.5, 0.6) is 0 Å². The largest absolute Gasteiger partial charge is 0.481 e. The maximum absolute atomic E-state index is 13.1. The van der Waals surface area contributed by atoms with Crippen molar-refractivity contribution in [1.82, 2.24) is 0 Å². The number of aliphatic carboxylic acids is 1. The molecule has 3 nitrogen and oxygen atoms in total. The maximum Gasteiger partial charge on any atom is 0.303 e. The van der Waals surface area contributed by atoms with Crippen LogP contribution in [0, 0.1) is 11.6 Å². The molecular weight excluding hydrogens is 230 g/mol. The molecule has 0 aliphatic carbocycles. The normalized spacial score (nSPS) is 17.5. The molecule has 1 aliphatic heterocycles. The van der Waals surface area contributed by atoms with Crippen LogP contribution in [0.4, 0.5) is 8.78 Å². The lowest BCUT2D eigenvalue weighted by molar-refractivity contribution is -0.139. The zero-order chi connectivity index (χ0) is 12.5. The highest BCUT2D eigenvalue weighted by atomic mass is 19.2. The van der Waals surface area contributed by atoms with Gasteiger partial charge in [0.25, 0.3) is 0 Å². The number of rotatable bonds is 4. The fourth-order valence-corrected chi connectivity index (χ4v) is 1.98. The van der Waals surface area contributed by atoms with Crippen LogP contribution in [0.1, 0.15) is 18.4 Å². The molecule has 2 rings (SSSR count). The quantitative estimate of drug-likeness (QED) is 0.879. The van der Waals surface area contributed by atoms with E-state index >= 15 is 0 Å². The van der Waals surface area contributed by atoms with Gasteiger partial charge in [-0.1, -0.05) is 6.07 Å². The molecule has 0 bridgehead atoms. The highest BCUT2D eigenvalue weighted by molar-refractivity contribution is 5.67. The fourth-order valence-electron chi connectivity index (χ4n) is 1.98. The van der Waals surface area contributed by atoms with Gasteiger partial charge in [-0.15, -0.1) is 0 Å². The van der Waals surface area contributed by atoms with E-state index in [2.05, 4.69) is 0 Å². The topological polar surface area (TPSA) is 46.5 Å². The zero-order valence-electron chi connectivity index (χ0n) is 9.08. The van der Waals surface area contributed by atoms with Crippen LogP contribution < -0.4 is 0 Å². The Morgan fingerprint density at radius 1 is 1.35 bits per heavy atom. The lowest BCUT2D eigenvalue weighted by Gasteiger charge is -2.41. The summed E-state index contributed by atoms with van der Waals surface area (Å²) < 4.78 is 31.0. The molecule has 5 heteroatoms. The third-order valence-corrected chi connectivity index (χ3v) is 3.11. The summed E-state index contributed by atoms with van der Waals surface area (Å²) in [4.78, 5) is 10.6. The lowest BCUT2D eigenvalue weighted by atomic mass is 9.75. The number of carboxylic acid groups (broad SMARTS) is 1. The molecule has 1 heterocycles. The summed E-state index contributed by atoms with van der Waals surface area (Å²) in [5.74, 6) is -2.72. The van der Waals surface area contributed by atoms with Crippen LogP contribution in [0.2, 0.25) is 0 Å². The van der Waals surface area contributed by atoms with E-state index in [1.807, 2.05) is 0 Å². The fraction of sp³-hybridized carbons (Fsp3) is 0.417. The number of halogens is 2. The zero-order valence-corrected chi connectivity index (χ0v) is 9.08. The molecule has 1 aliphatic rings. The third-order valence-electron chi connectivity index (χ3n) is 3.11. The number of carboxylic acids is 1. The Hall–Kier alpha value is -1.49. The predicted octanol–water partition coefficient (Wildman–Crippen LogP) is 2.10. The highest BCUT2D eigenvalue weighted by Gasteiger charge is 2.40.